The fourth-order valence-corrected chi connectivity index (χ4v) is 4.97. The number of nitrogens with zero attached hydrogens (tertiary/aromatic N) is 3. The molecule has 2 aromatic carbocycles. The molecule has 168 valence electrons. The number of aromatic amines is 1. The maximum atomic E-state index is 13.3. The van der Waals surface area contributed by atoms with Crippen molar-refractivity contribution >= 4 is 11.6 Å². The summed E-state index contributed by atoms with van der Waals surface area (Å²) in [5, 5.41) is 17.7. The van der Waals surface area contributed by atoms with Gasteiger partial charge in [-0.3, -0.25) is 14.8 Å². The molecule has 1 atom stereocenters. The molecule has 0 amide bonds. The van der Waals surface area contributed by atoms with E-state index in [0.717, 1.165) is 22.5 Å². The molecule has 0 fully saturated rings. The van der Waals surface area contributed by atoms with E-state index in [0.29, 0.717) is 47.7 Å². The number of nitrogens with one attached hydrogen (secondary N) is 1. The van der Waals surface area contributed by atoms with Crippen LogP contribution in [0.2, 0.25) is 0 Å². The number of nitrogens with two attached hydrogens (primary N) is 1. The molecule has 1 aromatic heterocycles. The lowest BCUT2D eigenvalue weighted by Gasteiger charge is -2.38. The Balaban J connectivity index is 1.50. The Kier molecular flexibility index (Phi) is 4.62. The molecule has 3 heterocycles. The number of hydrogen-bond donors (Lipinski definition) is 2. The topological polar surface area (TPSA) is 117 Å². The maximum absolute atomic E-state index is 13.3. The second-order valence-electron chi connectivity index (χ2n) is 8.43. The van der Waals surface area contributed by atoms with Crippen LogP contribution in [0, 0.1) is 11.3 Å². The first-order valence-corrected chi connectivity index (χ1v) is 11.1. The van der Waals surface area contributed by atoms with E-state index in [1.165, 1.54) is 0 Å². The van der Waals surface area contributed by atoms with Crippen molar-refractivity contribution in [2.75, 3.05) is 11.7 Å². The molecule has 0 saturated carbocycles. The zero-order valence-electron chi connectivity index (χ0n) is 18.2. The second-order valence-corrected chi connectivity index (χ2v) is 8.43. The molecule has 3 aliphatic rings. The summed E-state index contributed by atoms with van der Waals surface area (Å²) in [4.78, 5) is 15.0. The highest BCUT2D eigenvalue weighted by molar-refractivity contribution is 6.01. The summed E-state index contributed by atoms with van der Waals surface area (Å²) >= 11 is 0. The zero-order valence-corrected chi connectivity index (χ0v) is 18.2. The predicted molar refractivity (Wildman–Crippen MR) is 125 cm³/mol. The minimum atomic E-state index is -0.564. The van der Waals surface area contributed by atoms with Gasteiger partial charge in [0, 0.05) is 23.8 Å². The average Bonchev–Trinajstić information content (AvgIpc) is 3.53. The molecule has 34 heavy (non-hydrogen) atoms. The third-order valence-electron chi connectivity index (χ3n) is 6.52. The molecule has 0 saturated heterocycles. The Morgan fingerprint density at radius 3 is 2.74 bits per heavy atom. The molecular weight excluding hydrogens is 430 g/mol. The van der Waals surface area contributed by atoms with Crippen LogP contribution in [-0.2, 0) is 4.79 Å². The van der Waals surface area contributed by atoms with Crippen LogP contribution in [0.3, 0.4) is 0 Å². The van der Waals surface area contributed by atoms with E-state index in [4.69, 9.17) is 15.2 Å². The van der Waals surface area contributed by atoms with Gasteiger partial charge in [-0.1, -0.05) is 36.4 Å². The molecule has 2 aliphatic heterocycles. The lowest BCUT2D eigenvalue weighted by atomic mass is 9.75. The van der Waals surface area contributed by atoms with Crippen LogP contribution in [0.1, 0.15) is 30.7 Å². The standard InChI is InChI=1S/C26H21N5O3/c27-13-17-24(16-9-10-21-22(11-16)34-14-33-21)25-19(7-4-8-20(25)32)31(26(17)28)23-12-18(29-30-23)15-5-2-1-3-6-15/h1-3,5-6,9-12,24H,4,7-8,14,28H2,(H,29,30)/t24-/m0/s1. The van der Waals surface area contributed by atoms with Gasteiger partial charge < -0.3 is 15.2 Å². The van der Waals surface area contributed by atoms with Crippen LogP contribution >= 0.6 is 0 Å². The molecule has 8 heteroatoms. The van der Waals surface area contributed by atoms with Crippen molar-refractivity contribution in [2.45, 2.75) is 25.2 Å². The number of nitriles is 1. The first-order valence-electron chi connectivity index (χ1n) is 11.1. The van der Waals surface area contributed by atoms with E-state index in [9.17, 15) is 10.1 Å². The summed E-state index contributed by atoms with van der Waals surface area (Å²) in [5.74, 6) is 1.53. The molecule has 0 spiro atoms. The summed E-state index contributed by atoms with van der Waals surface area (Å²) in [7, 11) is 0. The lowest BCUT2D eigenvalue weighted by molar-refractivity contribution is -0.116. The number of H-pyrrole nitrogens is 1. The molecule has 8 nitrogen and oxygen atoms in total. The fraction of sp³-hybridized carbons (Fsp3) is 0.192. The van der Waals surface area contributed by atoms with Gasteiger partial charge in [0.1, 0.15) is 5.82 Å². The minimum Gasteiger partial charge on any atom is -0.454 e. The van der Waals surface area contributed by atoms with Crippen LogP contribution in [-0.4, -0.2) is 22.8 Å². The van der Waals surface area contributed by atoms with Gasteiger partial charge in [0.25, 0.3) is 0 Å². The van der Waals surface area contributed by atoms with E-state index < -0.39 is 5.92 Å². The number of Topliss-reactive ketones (excluding diaryl/α,β-unsaturated/α-hetero) is 1. The molecule has 0 radical (unpaired) electrons. The number of carbonyl (C=O) groups is 1. The Bertz CT molecular complexity index is 1410. The number of fused-ring (bicyclic) bond motifs is 1. The number of ketones is 1. The van der Waals surface area contributed by atoms with Gasteiger partial charge in [0.15, 0.2) is 23.1 Å². The fourth-order valence-electron chi connectivity index (χ4n) is 4.97. The first-order chi connectivity index (χ1) is 16.7. The van der Waals surface area contributed by atoms with Crippen molar-refractivity contribution in [3.63, 3.8) is 0 Å². The molecule has 3 aromatic rings. The second kappa shape index (κ2) is 7.81. The van der Waals surface area contributed by atoms with E-state index in [2.05, 4.69) is 16.3 Å². The number of carbonyl (C=O) groups excluding carboxylic acids is 1. The summed E-state index contributed by atoms with van der Waals surface area (Å²) in [6, 6.07) is 19.5. The summed E-state index contributed by atoms with van der Waals surface area (Å²) in [5.41, 5.74) is 10.9. The molecule has 0 unspecified atom stereocenters. The largest absolute Gasteiger partial charge is 0.454 e. The zero-order chi connectivity index (χ0) is 23.2. The summed E-state index contributed by atoms with van der Waals surface area (Å²) in [6.07, 6.45) is 1.81. The highest BCUT2D eigenvalue weighted by atomic mass is 16.7. The number of rotatable bonds is 3. The van der Waals surface area contributed by atoms with Crippen LogP contribution in [0.5, 0.6) is 11.5 Å². The Morgan fingerprint density at radius 1 is 1.09 bits per heavy atom. The number of benzene rings is 2. The van der Waals surface area contributed by atoms with Crippen molar-refractivity contribution in [1.82, 2.24) is 10.2 Å². The lowest BCUT2D eigenvalue weighted by Crippen LogP contribution is -2.38. The van der Waals surface area contributed by atoms with Crippen molar-refractivity contribution in [1.29, 1.82) is 5.26 Å². The Hall–Kier alpha value is -4.51. The summed E-state index contributed by atoms with van der Waals surface area (Å²) < 4.78 is 11.0. The van der Waals surface area contributed by atoms with Gasteiger partial charge in [-0.25, -0.2) is 0 Å². The van der Waals surface area contributed by atoms with Gasteiger partial charge in [-0.15, -0.1) is 0 Å². The van der Waals surface area contributed by atoms with Crippen molar-refractivity contribution < 1.29 is 14.3 Å². The number of anilines is 1. The number of ether oxygens (including phenoxy) is 2. The van der Waals surface area contributed by atoms with E-state index in [1.54, 1.807) is 4.90 Å². The van der Waals surface area contributed by atoms with Crippen LogP contribution in [0.15, 0.2) is 77.3 Å². The van der Waals surface area contributed by atoms with Crippen molar-refractivity contribution in [3.05, 3.63) is 82.8 Å². The van der Waals surface area contributed by atoms with Gasteiger partial charge in [0.05, 0.1) is 23.3 Å². The van der Waals surface area contributed by atoms with Gasteiger partial charge in [0.2, 0.25) is 6.79 Å². The third-order valence-corrected chi connectivity index (χ3v) is 6.52. The number of aromatic nitrogens is 2. The normalized spacial score (nSPS) is 19.3. The van der Waals surface area contributed by atoms with Crippen LogP contribution < -0.4 is 20.1 Å². The van der Waals surface area contributed by atoms with E-state index >= 15 is 0 Å². The molecule has 3 N–H and O–H groups in total. The highest BCUT2D eigenvalue weighted by Gasteiger charge is 2.41. The predicted octanol–water partition coefficient (Wildman–Crippen LogP) is 4.11. The van der Waals surface area contributed by atoms with Crippen molar-refractivity contribution in [2.24, 2.45) is 5.73 Å². The third kappa shape index (κ3) is 3.05. The maximum Gasteiger partial charge on any atom is 0.231 e. The molecule has 0 bridgehead atoms. The van der Waals surface area contributed by atoms with E-state index in [-0.39, 0.29) is 18.4 Å². The summed E-state index contributed by atoms with van der Waals surface area (Å²) in [6.45, 7) is 0.149. The minimum absolute atomic E-state index is 0.0213. The monoisotopic (exact) mass is 451 g/mol. The van der Waals surface area contributed by atoms with Gasteiger partial charge in [-0.2, -0.15) is 10.4 Å². The van der Waals surface area contributed by atoms with Gasteiger partial charge in [-0.05, 0) is 36.1 Å². The average molecular weight is 451 g/mol. The molecular formula is C26H21N5O3. The quantitative estimate of drug-likeness (QED) is 0.615. The highest BCUT2D eigenvalue weighted by Crippen LogP contribution is 2.47. The molecule has 1 aliphatic carbocycles. The first kappa shape index (κ1) is 20.1. The van der Waals surface area contributed by atoms with Crippen LogP contribution in [0.25, 0.3) is 11.3 Å². The molecule has 6 rings (SSSR count). The Morgan fingerprint density at radius 2 is 1.91 bits per heavy atom. The van der Waals surface area contributed by atoms with E-state index in [1.807, 2.05) is 54.6 Å². The van der Waals surface area contributed by atoms with Crippen LogP contribution in [0.4, 0.5) is 5.82 Å². The number of allylic oxidation sites excluding steroid dienone is 3. The van der Waals surface area contributed by atoms with Gasteiger partial charge >= 0.3 is 0 Å². The Labute approximate surface area is 195 Å². The smallest absolute Gasteiger partial charge is 0.231 e. The SMILES string of the molecule is N#CC1=C(N)N(c2cc(-c3ccccc3)[nH]n2)C2=C(C(=O)CCC2)[C@H]1c1ccc2c(c1)OCO2. The van der Waals surface area contributed by atoms with Crippen molar-refractivity contribution in [3.8, 4) is 28.8 Å². The number of hydrogen-bond acceptors (Lipinski definition) is 7.